The van der Waals surface area contributed by atoms with Crippen molar-refractivity contribution >= 4 is 34.8 Å². The summed E-state index contributed by atoms with van der Waals surface area (Å²) in [5, 5.41) is 6.08. The minimum absolute atomic E-state index is 0.0895. The topological polar surface area (TPSA) is 89.6 Å². The summed E-state index contributed by atoms with van der Waals surface area (Å²) in [7, 11) is 3.36. The average Bonchev–Trinajstić information content (AvgIpc) is 3.13. The lowest BCUT2D eigenvalue weighted by atomic mass is 10.0. The van der Waals surface area contributed by atoms with E-state index in [1.165, 1.54) is 0 Å². The van der Waals surface area contributed by atoms with Crippen LogP contribution in [-0.2, 0) is 6.42 Å². The summed E-state index contributed by atoms with van der Waals surface area (Å²) >= 11 is 0. The maximum Gasteiger partial charge on any atom is 0.321 e. The first-order valence-electron chi connectivity index (χ1n) is 16.1. The first kappa shape index (κ1) is 31.6. The number of benzene rings is 4. The van der Waals surface area contributed by atoms with Crippen LogP contribution in [0.15, 0.2) is 97.1 Å². The van der Waals surface area contributed by atoms with E-state index in [1.54, 1.807) is 14.2 Å². The molecular formula is C37H42N6O4. The molecule has 2 aliphatic heterocycles. The van der Waals surface area contributed by atoms with Crippen LogP contribution in [0.2, 0.25) is 0 Å². The molecule has 6 rings (SSSR count). The van der Waals surface area contributed by atoms with E-state index in [-0.39, 0.29) is 12.1 Å². The number of para-hydroxylation sites is 4. The highest BCUT2D eigenvalue weighted by atomic mass is 16.5. The van der Waals surface area contributed by atoms with Crippen LogP contribution >= 0.6 is 0 Å². The smallest absolute Gasteiger partial charge is 0.321 e. The molecule has 4 aromatic rings. The number of anilines is 4. The highest BCUT2D eigenvalue weighted by Crippen LogP contribution is 2.29. The third-order valence-electron chi connectivity index (χ3n) is 8.80. The van der Waals surface area contributed by atoms with Gasteiger partial charge in [0.1, 0.15) is 11.5 Å². The molecule has 47 heavy (non-hydrogen) atoms. The van der Waals surface area contributed by atoms with Crippen LogP contribution in [-0.4, -0.2) is 88.4 Å². The van der Waals surface area contributed by atoms with E-state index in [9.17, 15) is 9.59 Å². The van der Waals surface area contributed by atoms with E-state index >= 15 is 0 Å². The van der Waals surface area contributed by atoms with E-state index < -0.39 is 0 Å². The first-order chi connectivity index (χ1) is 23.0. The normalized spacial score (nSPS) is 14.9. The molecule has 2 saturated heterocycles. The zero-order valence-electron chi connectivity index (χ0n) is 27.0. The van der Waals surface area contributed by atoms with E-state index in [0.717, 1.165) is 78.0 Å². The minimum atomic E-state index is -0.0895. The van der Waals surface area contributed by atoms with Crippen LogP contribution in [0.4, 0.5) is 32.3 Å². The maximum absolute atomic E-state index is 12.9. The van der Waals surface area contributed by atoms with Gasteiger partial charge in [-0.1, -0.05) is 48.5 Å². The van der Waals surface area contributed by atoms with Gasteiger partial charge in [0.15, 0.2) is 0 Å². The Morgan fingerprint density at radius 3 is 1.26 bits per heavy atom. The Hall–Kier alpha value is -5.38. The number of piperazine rings is 2. The van der Waals surface area contributed by atoms with Crippen LogP contribution in [0.5, 0.6) is 11.5 Å². The Morgan fingerprint density at radius 2 is 0.894 bits per heavy atom. The number of carbonyl (C=O) groups is 2. The second-order valence-corrected chi connectivity index (χ2v) is 11.7. The summed E-state index contributed by atoms with van der Waals surface area (Å²) in [6, 6.07) is 31.7. The molecule has 0 spiro atoms. The van der Waals surface area contributed by atoms with E-state index in [1.807, 2.05) is 94.7 Å². The van der Waals surface area contributed by atoms with Crippen molar-refractivity contribution in [2.24, 2.45) is 0 Å². The van der Waals surface area contributed by atoms with Crippen molar-refractivity contribution in [3.63, 3.8) is 0 Å². The number of ether oxygens (including phenoxy) is 2. The van der Waals surface area contributed by atoms with Crippen molar-refractivity contribution < 1.29 is 19.1 Å². The van der Waals surface area contributed by atoms with Gasteiger partial charge in [0, 0.05) is 63.7 Å². The average molecular weight is 635 g/mol. The summed E-state index contributed by atoms with van der Waals surface area (Å²) in [4.78, 5) is 34.1. The van der Waals surface area contributed by atoms with Crippen molar-refractivity contribution in [1.29, 1.82) is 0 Å². The quantitative estimate of drug-likeness (QED) is 0.247. The Bertz CT molecular complexity index is 1520. The monoisotopic (exact) mass is 634 g/mol. The SMILES string of the molecule is COc1ccccc1N1CCN(C(=O)Nc2ccc(Cc3ccc(NC(=O)N4CCN(c5ccccc5OC)CC4)cc3)cc2)CC1. The second-order valence-electron chi connectivity index (χ2n) is 11.7. The van der Waals surface area contributed by atoms with Crippen molar-refractivity contribution in [3.8, 4) is 11.5 Å². The van der Waals surface area contributed by atoms with Gasteiger partial charge in [-0.25, -0.2) is 9.59 Å². The van der Waals surface area contributed by atoms with Gasteiger partial charge in [0.2, 0.25) is 0 Å². The summed E-state index contributed by atoms with van der Waals surface area (Å²) in [5.74, 6) is 1.69. The van der Waals surface area contributed by atoms with Crippen molar-refractivity contribution in [1.82, 2.24) is 9.80 Å². The molecule has 0 radical (unpaired) electrons. The molecule has 244 valence electrons. The molecule has 4 amide bonds. The number of hydrogen-bond acceptors (Lipinski definition) is 6. The lowest BCUT2D eigenvalue weighted by Crippen LogP contribution is -2.50. The lowest BCUT2D eigenvalue weighted by Gasteiger charge is -2.36. The van der Waals surface area contributed by atoms with Gasteiger partial charge in [-0.3, -0.25) is 0 Å². The predicted octanol–water partition coefficient (Wildman–Crippen LogP) is 6.00. The van der Waals surface area contributed by atoms with E-state index in [0.29, 0.717) is 26.2 Å². The maximum atomic E-state index is 12.9. The van der Waals surface area contributed by atoms with Crippen LogP contribution < -0.4 is 29.9 Å². The molecule has 2 N–H and O–H groups in total. The fourth-order valence-electron chi connectivity index (χ4n) is 6.14. The summed E-state index contributed by atoms with van der Waals surface area (Å²) in [5.41, 5.74) is 5.93. The Balaban J connectivity index is 0.942. The van der Waals surface area contributed by atoms with Gasteiger partial charge in [-0.2, -0.15) is 0 Å². The fourth-order valence-corrected chi connectivity index (χ4v) is 6.14. The van der Waals surface area contributed by atoms with Crippen molar-refractivity contribution in [2.45, 2.75) is 6.42 Å². The molecule has 0 aliphatic carbocycles. The molecular weight excluding hydrogens is 592 g/mol. The van der Waals surface area contributed by atoms with Gasteiger partial charge in [-0.05, 0) is 66.1 Å². The number of urea groups is 2. The van der Waals surface area contributed by atoms with Crippen LogP contribution in [0.3, 0.4) is 0 Å². The Kier molecular flexibility index (Phi) is 9.95. The summed E-state index contributed by atoms with van der Waals surface area (Å²) < 4.78 is 11.0. The zero-order valence-corrected chi connectivity index (χ0v) is 27.0. The Morgan fingerprint density at radius 1 is 0.532 bits per heavy atom. The molecule has 4 aromatic carbocycles. The van der Waals surface area contributed by atoms with Crippen molar-refractivity contribution in [3.05, 3.63) is 108 Å². The third-order valence-corrected chi connectivity index (χ3v) is 8.80. The lowest BCUT2D eigenvalue weighted by molar-refractivity contribution is 0.207. The van der Waals surface area contributed by atoms with Crippen LogP contribution in [0.25, 0.3) is 0 Å². The standard InChI is InChI=1S/C37H42N6O4/c1-46-34-9-5-3-7-32(34)40-19-23-42(24-20-40)36(44)38-30-15-11-28(12-16-30)27-29-13-17-31(18-14-29)39-37(45)43-25-21-41(22-26-43)33-8-4-6-10-35(33)47-2/h3-18H,19-27H2,1-2H3,(H,38,44)(H,39,45). The molecule has 2 heterocycles. The molecule has 10 nitrogen and oxygen atoms in total. The molecule has 0 bridgehead atoms. The fraction of sp³-hybridized carbons (Fsp3) is 0.297. The molecule has 2 fully saturated rings. The number of nitrogens with one attached hydrogen (secondary N) is 2. The zero-order chi connectivity index (χ0) is 32.6. The van der Waals surface area contributed by atoms with E-state index in [2.05, 4.69) is 32.6 Å². The van der Waals surface area contributed by atoms with Gasteiger partial charge >= 0.3 is 12.1 Å². The predicted molar refractivity (Wildman–Crippen MR) is 187 cm³/mol. The first-order valence-corrected chi connectivity index (χ1v) is 16.1. The van der Waals surface area contributed by atoms with Gasteiger partial charge in [-0.15, -0.1) is 0 Å². The van der Waals surface area contributed by atoms with Crippen LogP contribution in [0.1, 0.15) is 11.1 Å². The van der Waals surface area contributed by atoms with E-state index in [4.69, 9.17) is 9.47 Å². The van der Waals surface area contributed by atoms with Crippen LogP contribution in [0, 0.1) is 0 Å². The van der Waals surface area contributed by atoms with Crippen molar-refractivity contribution in [2.75, 3.05) is 87.0 Å². The molecule has 10 heteroatoms. The molecule has 2 aliphatic rings. The molecule has 0 unspecified atom stereocenters. The van der Waals surface area contributed by atoms with Gasteiger partial charge in [0.25, 0.3) is 0 Å². The highest BCUT2D eigenvalue weighted by Gasteiger charge is 2.24. The highest BCUT2D eigenvalue weighted by molar-refractivity contribution is 5.90. The largest absolute Gasteiger partial charge is 0.495 e. The number of amides is 4. The third kappa shape index (κ3) is 7.71. The summed E-state index contributed by atoms with van der Waals surface area (Å²) in [6.45, 7) is 5.54. The number of hydrogen-bond donors (Lipinski definition) is 2. The number of nitrogens with zero attached hydrogens (tertiary/aromatic N) is 4. The molecule has 0 aromatic heterocycles. The molecule has 0 atom stereocenters. The number of methoxy groups -OCH3 is 2. The number of carbonyl (C=O) groups excluding carboxylic acids is 2. The second kappa shape index (κ2) is 14.8. The number of rotatable bonds is 8. The summed E-state index contributed by atoms with van der Waals surface area (Å²) in [6.07, 6.45) is 0.748. The minimum Gasteiger partial charge on any atom is -0.495 e. The Labute approximate surface area is 276 Å². The molecule has 0 saturated carbocycles. The van der Waals surface area contributed by atoms with Gasteiger partial charge in [0.05, 0.1) is 25.6 Å². The van der Waals surface area contributed by atoms with Gasteiger partial charge < -0.3 is 39.7 Å².